The number of hydrogen-bond donors (Lipinski definition) is 0. The Labute approximate surface area is 190 Å². The van der Waals surface area contributed by atoms with Gasteiger partial charge in [0, 0.05) is 17.8 Å². The molecular formula is C25H24N4O2S. The van der Waals surface area contributed by atoms with Gasteiger partial charge >= 0.3 is 0 Å². The van der Waals surface area contributed by atoms with Crippen molar-refractivity contribution in [2.45, 2.75) is 49.6 Å². The second kappa shape index (κ2) is 8.74. The van der Waals surface area contributed by atoms with Crippen LogP contribution >= 0.6 is 11.8 Å². The first-order valence-electron chi connectivity index (χ1n) is 11.0. The molecule has 3 aliphatic heterocycles. The van der Waals surface area contributed by atoms with E-state index in [1.54, 1.807) is 0 Å². The summed E-state index contributed by atoms with van der Waals surface area (Å²) in [6.45, 7) is 2.71. The van der Waals surface area contributed by atoms with E-state index in [1.165, 1.54) is 16.4 Å². The van der Waals surface area contributed by atoms with Crippen LogP contribution in [-0.2, 0) is 13.0 Å². The largest absolute Gasteiger partial charge is 0.324 e. The molecule has 6 nitrogen and oxygen atoms in total. The monoisotopic (exact) mass is 444 g/mol. The Morgan fingerprint density at radius 3 is 2.47 bits per heavy atom. The van der Waals surface area contributed by atoms with Gasteiger partial charge in [0.15, 0.2) is 16.8 Å². The Bertz CT molecular complexity index is 1280. The lowest BCUT2D eigenvalue weighted by molar-refractivity contribution is 0.0994. The molecule has 2 aromatic carbocycles. The zero-order valence-corrected chi connectivity index (χ0v) is 18.7. The van der Waals surface area contributed by atoms with E-state index in [1.807, 2.05) is 67.6 Å². The number of para-hydroxylation sites is 1. The molecule has 0 saturated carbocycles. The fraction of sp³-hybridized carbons (Fsp3) is 0.280. The lowest BCUT2D eigenvalue weighted by Crippen LogP contribution is -2.20. The summed E-state index contributed by atoms with van der Waals surface area (Å²) in [5.74, 6) is 0.522. The minimum Gasteiger partial charge on any atom is -0.324 e. The van der Waals surface area contributed by atoms with Crippen LogP contribution in [0.2, 0.25) is 0 Å². The number of carbonyl (C=O) groups excluding carboxylic acids is 1. The highest BCUT2D eigenvalue weighted by atomic mass is 32.2. The van der Waals surface area contributed by atoms with E-state index < -0.39 is 0 Å². The van der Waals surface area contributed by atoms with Gasteiger partial charge in [-0.25, -0.2) is 4.98 Å². The van der Waals surface area contributed by atoms with Crippen LogP contribution < -0.4 is 5.56 Å². The third-order valence-electron chi connectivity index (χ3n) is 5.88. The van der Waals surface area contributed by atoms with E-state index in [-0.39, 0.29) is 16.6 Å². The standard InChI is InChI=1S/C25H24N4O2S/c1-17(22(30)18-11-5-2-6-12-18)32-25-26-23-21(20-15-9-4-10-16-28(20)25)24(31)29(27-23)19-13-7-3-8-14-19/h2-3,5-8,11-14,17H,4,9-10,15-16H2,1H3. The fourth-order valence-electron chi connectivity index (χ4n) is 4.24. The van der Waals surface area contributed by atoms with Gasteiger partial charge in [-0.05, 0) is 38.3 Å². The summed E-state index contributed by atoms with van der Waals surface area (Å²) in [6.07, 6.45) is 3.97. The number of hydrogen-bond acceptors (Lipinski definition) is 5. The molecular weight excluding hydrogens is 420 g/mol. The van der Waals surface area contributed by atoms with E-state index in [0.29, 0.717) is 17.0 Å². The predicted octanol–water partition coefficient (Wildman–Crippen LogP) is 4.62. The lowest BCUT2D eigenvalue weighted by Gasteiger charge is -2.19. The Hall–Kier alpha value is -3.19. The summed E-state index contributed by atoms with van der Waals surface area (Å²) in [7, 11) is 0. The van der Waals surface area contributed by atoms with Crippen molar-refractivity contribution in [2.24, 2.45) is 0 Å². The predicted molar refractivity (Wildman–Crippen MR) is 126 cm³/mol. The maximum absolute atomic E-state index is 13.3. The Balaban J connectivity index is 1.60. The Morgan fingerprint density at radius 1 is 1.00 bits per heavy atom. The van der Waals surface area contributed by atoms with Gasteiger partial charge < -0.3 is 4.57 Å². The molecule has 7 heteroatoms. The molecule has 2 aromatic rings. The highest BCUT2D eigenvalue weighted by molar-refractivity contribution is 8.00. The average Bonchev–Trinajstić information content (AvgIpc) is 2.99. The van der Waals surface area contributed by atoms with Crippen molar-refractivity contribution in [1.82, 2.24) is 19.3 Å². The molecule has 162 valence electrons. The number of benzene rings is 2. The molecule has 5 rings (SSSR count). The summed E-state index contributed by atoms with van der Waals surface area (Å²) in [5.41, 5.74) is 2.88. The molecule has 3 aliphatic rings. The van der Waals surface area contributed by atoms with Crippen LogP contribution in [0.25, 0.3) is 17.1 Å². The first-order valence-corrected chi connectivity index (χ1v) is 11.9. The first kappa shape index (κ1) is 20.7. The molecule has 3 heterocycles. The zero-order valence-electron chi connectivity index (χ0n) is 17.9. The van der Waals surface area contributed by atoms with Crippen LogP contribution in [-0.4, -0.2) is 30.4 Å². The molecule has 0 spiro atoms. The number of nitrogens with zero attached hydrogens (tertiary/aromatic N) is 4. The molecule has 0 aromatic heterocycles. The molecule has 1 atom stereocenters. The molecule has 0 fully saturated rings. The smallest absolute Gasteiger partial charge is 0.284 e. The van der Waals surface area contributed by atoms with Crippen molar-refractivity contribution in [2.75, 3.05) is 0 Å². The van der Waals surface area contributed by atoms with Gasteiger partial charge in [-0.15, -0.1) is 5.10 Å². The fourth-order valence-corrected chi connectivity index (χ4v) is 5.26. The van der Waals surface area contributed by atoms with Gasteiger partial charge in [-0.2, -0.15) is 4.68 Å². The third kappa shape index (κ3) is 3.77. The maximum atomic E-state index is 13.3. The number of aromatic nitrogens is 4. The van der Waals surface area contributed by atoms with Crippen molar-refractivity contribution in [1.29, 1.82) is 0 Å². The Morgan fingerprint density at radius 2 is 1.72 bits per heavy atom. The minimum atomic E-state index is -0.301. The molecule has 0 aliphatic carbocycles. The van der Waals surface area contributed by atoms with Crippen LogP contribution in [0.4, 0.5) is 0 Å². The molecule has 0 saturated heterocycles. The van der Waals surface area contributed by atoms with Crippen LogP contribution in [0.15, 0.2) is 70.6 Å². The normalized spacial score (nSPS) is 14.7. The van der Waals surface area contributed by atoms with Crippen LogP contribution in [0.1, 0.15) is 42.2 Å². The summed E-state index contributed by atoms with van der Waals surface area (Å²) in [4.78, 5) is 31.1. The third-order valence-corrected chi connectivity index (χ3v) is 6.97. The van der Waals surface area contributed by atoms with E-state index in [4.69, 9.17) is 4.98 Å². The number of fused-ring (bicyclic) bond motifs is 3. The zero-order chi connectivity index (χ0) is 22.1. The SMILES string of the molecule is CC(Sc1nc2nn(-c3ccccc3)c(=O)c-2c2n1CCCCC2)C(=O)c1ccccc1. The number of carbonyl (C=O) groups is 1. The number of Topliss-reactive ketones (excluding diaryl/α,β-unsaturated/α-hetero) is 1. The molecule has 0 amide bonds. The second-order valence-corrected chi connectivity index (χ2v) is 9.35. The average molecular weight is 445 g/mol. The molecule has 32 heavy (non-hydrogen) atoms. The number of rotatable bonds is 5. The van der Waals surface area contributed by atoms with Gasteiger partial charge in [0.1, 0.15) is 5.56 Å². The second-order valence-electron chi connectivity index (χ2n) is 8.04. The van der Waals surface area contributed by atoms with E-state index in [2.05, 4.69) is 9.67 Å². The van der Waals surface area contributed by atoms with E-state index in [9.17, 15) is 9.59 Å². The van der Waals surface area contributed by atoms with E-state index in [0.717, 1.165) is 48.8 Å². The summed E-state index contributed by atoms with van der Waals surface area (Å²) < 4.78 is 3.59. The quantitative estimate of drug-likeness (QED) is 0.255. The number of ketones is 1. The van der Waals surface area contributed by atoms with Gasteiger partial charge in [0.2, 0.25) is 0 Å². The van der Waals surface area contributed by atoms with Gasteiger partial charge in [0.05, 0.1) is 10.9 Å². The van der Waals surface area contributed by atoms with Crippen molar-refractivity contribution in [3.05, 3.63) is 82.3 Å². The van der Waals surface area contributed by atoms with Crippen molar-refractivity contribution in [3.63, 3.8) is 0 Å². The van der Waals surface area contributed by atoms with E-state index >= 15 is 0 Å². The van der Waals surface area contributed by atoms with Gasteiger partial charge in [-0.1, -0.05) is 66.7 Å². The summed E-state index contributed by atoms with van der Waals surface area (Å²) in [5, 5.41) is 5.03. The molecule has 1 unspecified atom stereocenters. The maximum Gasteiger partial charge on any atom is 0.284 e. The highest BCUT2D eigenvalue weighted by Gasteiger charge is 2.28. The lowest BCUT2D eigenvalue weighted by atomic mass is 10.1. The van der Waals surface area contributed by atoms with Gasteiger partial charge in [-0.3, -0.25) is 9.59 Å². The minimum absolute atomic E-state index is 0.0693. The molecule has 0 bridgehead atoms. The van der Waals surface area contributed by atoms with Gasteiger partial charge in [0.25, 0.3) is 5.56 Å². The van der Waals surface area contributed by atoms with Crippen molar-refractivity contribution >= 4 is 17.5 Å². The van der Waals surface area contributed by atoms with Crippen LogP contribution in [0.5, 0.6) is 0 Å². The number of thioether (sulfide) groups is 1. The van der Waals surface area contributed by atoms with Crippen LogP contribution in [0.3, 0.4) is 0 Å². The first-order chi connectivity index (χ1) is 15.6. The van der Waals surface area contributed by atoms with Crippen molar-refractivity contribution in [3.8, 4) is 17.1 Å². The summed E-state index contributed by atoms with van der Waals surface area (Å²) in [6, 6.07) is 18.8. The molecule has 0 N–H and O–H groups in total. The van der Waals surface area contributed by atoms with Crippen LogP contribution in [0, 0.1) is 0 Å². The summed E-state index contributed by atoms with van der Waals surface area (Å²) >= 11 is 1.45. The Kier molecular flexibility index (Phi) is 5.66. The van der Waals surface area contributed by atoms with Crippen molar-refractivity contribution < 1.29 is 4.79 Å². The molecule has 0 radical (unpaired) electrons. The topological polar surface area (TPSA) is 69.8 Å². The highest BCUT2D eigenvalue weighted by Crippen LogP contribution is 2.32.